The van der Waals surface area contributed by atoms with Crippen molar-refractivity contribution in [3.8, 4) is 11.3 Å². The molecule has 4 rings (SSSR count). The van der Waals surface area contributed by atoms with Gasteiger partial charge in [0, 0.05) is 24.8 Å². The molecule has 2 amide bonds. The summed E-state index contributed by atoms with van der Waals surface area (Å²) in [5.41, 5.74) is 3.51. The van der Waals surface area contributed by atoms with Crippen LogP contribution in [0.15, 0.2) is 48.7 Å². The minimum atomic E-state index is -0.356. The molecule has 3 heterocycles. The molecule has 2 aromatic heterocycles. The fraction of sp³-hybridized carbons (Fsp3) is 0.348. The smallest absolute Gasteiger partial charge is 0.409 e. The Kier molecular flexibility index (Phi) is 5.70. The van der Waals surface area contributed by atoms with Crippen molar-refractivity contribution < 1.29 is 14.3 Å². The zero-order valence-electron chi connectivity index (χ0n) is 17.3. The van der Waals surface area contributed by atoms with Crippen molar-refractivity contribution >= 4 is 23.5 Å². The van der Waals surface area contributed by atoms with Crippen LogP contribution >= 0.6 is 0 Å². The van der Waals surface area contributed by atoms with Crippen LogP contribution < -0.4 is 5.32 Å². The summed E-state index contributed by atoms with van der Waals surface area (Å²) < 4.78 is 7.02. The molecule has 0 saturated carbocycles. The van der Waals surface area contributed by atoms with Gasteiger partial charge in [0.05, 0.1) is 12.5 Å². The van der Waals surface area contributed by atoms with Crippen LogP contribution in [-0.4, -0.2) is 46.0 Å². The average molecular weight is 406 g/mol. The summed E-state index contributed by atoms with van der Waals surface area (Å²) >= 11 is 0. The van der Waals surface area contributed by atoms with E-state index in [0.717, 1.165) is 35.3 Å². The van der Waals surface area contributed by atoms with Crippen molar-refractivity contribution in [2.75, 3.05) is 25.0 Å². The van der Waals surface area contributed by atoms with Crippen molar-refractivity contribution in [3.05, 3.63) is 54.2 Å². The lowest BCUT2D eigenvalue weighted by molar-refractivity contribution is -0.121. The molecule has 1 aromatic carbocycles. The summed E-state index contributed by atoms with van der Waals surface area (Å²) in [6.45, 7) is 5.09. The largest absolute Gasteiger partial charge is 0.450 e. The van der Waals surface area contributed by atoms with E-state index in [-0.39, 0.29) is 17.9 Å². The van der Waals surface area contributed by atoms with Crippen molar-refractivity contribution in [1.82, 2.24) is 14.3 Å². The first-order valence-electron chi connectivity index (χ1n) is 10.3. The summed E-state index contributed by atoms with van der Waals surface area (Å²) in [5, 5.41) is 3.10. The van der Waals surface area contributed by atoms with Gasteiger partial charge in [-0.2, -0.15) is 0 Å². The van der Waals surface area contributed by atoms with Crippen LogP contribution in [0, 0.1) is 12.8 Å². The molecule has 1 aliphatic rings. The second kappa shape index (κ2) is 8.57. The number of imidazole rings is 1. The first kappa shape index (κ1) is 19.9. The number of piperidine rings is 1. The van der Waals surface area contributed by atoms with Gasteiger partial charge in [-0.1, -0.05) is 36.4 Å². The van der Waals surface area contributed by atoms with Crippen molar-refractivity contribution in [1.29, 1.82) is 0 Å². The number of aryl methyl sites for hydroxylation is 1. The Balaban J connectivity index is 1.64. The number of benzene rings is 1. The second-order valence-corrected chi connectivity index (χ2v) is 7.53. The van der Waals surface area contributed by atoms with Gasteiger partial charge >= 0.3 is 6.09 Å². The molecule has 0 bridgehead atoms. The number of rotatable bonds is 4. The minimum Gasteiger partial charge on any atom is -0.450 e. The standard InChI is InChI=1S/C23H26N4O3/c1-3-30-23(29)26-13-8-12-18(15-26)22(28)25-21-19(17-10-5-4-6-11-17)24-20-16(2)9-7-14-27(20)21/h4-7,9-11,14,18H,3,8,12-13,15H2,1-2H3,(H,25,28)/t18-/m0/s1. The van der Waals surface area contributed by atoms with E-state index < -0.39 is 0 Å². The lowest BCUT2D eigenvalue weighted by Gasteiger charge is -2.31. The molecule has 0 unspecified atom stereocenters. The SMILES string of the molecule is CCOC(=O)N1CCC[C@H](C(=O)Nc2c(-c3ccccc3)nc3c(C)cccn23)C1. The third kappa shape index (κ3) is 3.87. The van der Waals surface area contributed by atoms with Crippen LogP contribution in [0.5, 0.6) is 0 Å². The highest BCUT2D eigenvalue weighted by atomic mass is 16.6. The van der Waals surface area contributed by atoms with E-state index >= 15 is 0 Å². The number of hydrogen-bond donors (Lipinski definition) is 1. The Labute approximate surface area is 175 Å². The van der Waals surface area contributed by atoms with Gasteiger partial charge in [-0.05, 0) is 38.3 Å². The number of nitrogens with zero attached hydrogens (tertiary/aromatic N) is 3. The lowest BCUT2D eigenvalue weighted by Crippen LogP contribution is -2.44. The predicted octanol–water partition coefficient (Wildman–Crippen LogP) is 4.12. The van der Waals surface area contributed by atoms with Crippen LogP contribution in [0.2, 0.25) is 0 Å². The molecule has 30 heavy (non-hydrogen) atoms. The normalized spacial score (nSPS) is 16.5. The molecule has 3 aromatic rings. The van der Waals surface area contributed by atoms with Crippen LogP contribution in [0.1, 0.15) is 25.3 Å². The maximum Gasteiger partial charge on any atom is 0.409 e. The lowest BCUT2D eigenvalue weighted by atomic mass is 9.97. The van der Waals surface area contributed by atoms with E-state index in [1.165, 1.54) is 0 Å². The summed E-state index contributed by atoms with van der Waals surface area (Å²) in [7, 11) is 0. The summed E-state index contributed by atoms with van der Waals surface area (Å²) in [4.78, 5) is 31.7. The highest BCUT2D eigenvalue weighted by molar-refractivity contribution is 5.96. The van der Waals surface area contributed by atoms with Gasteiger partial charge in [0.2, 0.25) is 5.91 Å². The van der Waals surface area contributed by atoms with Gasteiger partial charge < -0.3 is 15.0 Å². The predicted molar refractivity (Wildman–Crippen MR) is 115 cm³/mol. The Morgan fingerprint density at radius 1 is 1.20 bits per heavy atom. The third-order valence-corrected chi connectivity index (χ3v) is 5.45. The molecule has 1 N–H and O–H groups in total. The number of likely N-dealkylation sites (tertiary alicyclic amines) is 1. The number of anilines is 1. The number of aromatic nitrogens is 2. The quantitative estimate of drug-likeness (QED) is 0.707. The van der Waals surface area contributed by atoms with Gasteiger partial charge in [0.25, 0.3) is 0 Å². The summed E-state index contributed by atoms with van der Waals surface area (Å²) in [5.74, 6) is 0.254. The monoisotopic (exact) mass is 406 g/mol. The maximum atomic E-state index is 13.2. The first-order chi connectivity index (χ1) is 14.6. The van der Waals surface area contributed by atoms with Crippen LogP contribution in [0.3, 0.4) is 0 Å². The molecule has 1 atom stereocenters. The highest BCUT2D eigenvalue weighted by Gasteiger charge is 2.30. The van der Waals surface area contributed by atoms with Crippen LogP contribution in [0.25, 0.3) is 16.9 Å². The Morgan fingerprint density at radius 2 is 2.00 bits per heavy atom. The number of fused-ring (bicyclic) bond motifs is 1. The molecule has 1 fully saturated rings. The fourth-order valence-corrected chi connectivity index (χ4v) is 3.91. The summed E-state index contributed by atoms with van der Waals surface area (Å²) in [6, 6.07) is 13.8. The zero-order chi connectivity index (χ0) is 21.1. The Hall–Kier alpha value is -3.35. The van der Waals surface area contributed by atoms with E-state index in [0.29, 0.717) is 25.5 Å². The van der Waals surface area contributed by atoms with E-state index in [9.17, 15) is 9.59 Å². The van der Waals surface area contributed by atoms with Crippen LogP contribution in [-0.2, 0) is 9.53 Å². The van der Waals surface area contributed by atoms with Gasteiger partial charge in [0.1, 0.15) is 17.2 Å². The van der Waals surface area contributed by atoms with Crippen molar-refractivity contribution in [2.45, 2.75) is 26.7 Å². The van der Waals surface area contributed by atoms with E-state index in [1.54, 1.807) is 11.8 Å². The number of ether oxygens (including phenoxy) is 1. The van der Waals surface area contributed by atoms with Gasteiger partial charge in [-0.15, -0.1) is 0 Å². The highest BCUT2D eigenvalue weighted by Crippen LogP contribution is 2.30. The molecular weight excluding hydrogens is 380 g/mol. The molecule has 0 aliphatic carbocycles. The maximum absolute atomic E-state index is 13.2. The molecule has 156 valence electrons. The van der Waals surface area contributed by atoms with E-state index in [2.05, 4.69) is 5.32 Å². The molecule has 1 aliphatic heterocycles. The average Bonchev–Trinajstić information content (AvgIpc) is 3.14. The molecule has 1 saturated heterocycles. The molecule has 7 heteroatoms. The van der Waals surface area contributed by atoms with E-state index in [4.69, 9.17) is 9.72 Å². The van der Waals surface area contributed by atoms with Gasteiger partial charge in [0.15, 0.2) is 0 Å². The van der Waals surface area contributed by atoms with Crippen LogP contribution in [0.4, 0.5) is 10.6 Å². The van der Waals surface area contributed by atoms with E-state index in [1.807, 2.05) is 60.0 Å². The first-order valence-corrected chi connectivity index (χ1v) is 10.3. The van der Waals surface area contributed by atoms with Crippen molar-refractivity contribution in [2.24, 2.45) is 5.92 Å². The van der Waals surface area contributed by atoms with Crippen molar-refractivity contribution in [3.63, 3.8) is 0 Å². The second-order valence-electron chi connectivity index (χ2n) is 7.53. The fourth-order valence-electron chi connectivity index (χ4n) is 3.91. The third-order valence-electron chi connectivity index (χ3n) is 5.45. The summed E-state index contributed by atoms with van der Waals surface area (Å²) in [6.07, 6.45) is 3.06. The molecule has 0 spiro atoms. The molecule has 7 nitrogen and oxygen atoms in total. The van der Waals surface area contributed by atoms with Gasteiger partial charge in [-0.25, -0.2) is 9.78 Å². The zero-order valence-corrected chi connectivity index (χ0v) is 17.3. The molecular formula is C23H26N4O3. The Bertz CT molecular complexity index is 1060. The number of amides is 2. The number of carbonyl (C=O) groups is 2. The Morgan fingerprint density at radius 3 is 2.77 bits per heavy atom. The molecule has 0 radical (unpaired) electrons. The number of pyridine rings is 1. The number of carbonyl (C=O) groups excluding carboxylic acids is 2. The number of hydrogen-bond acceptors (Lipinski definition) is 4. The number of nitrogens with one attached hydrogen (secondary N) is 1. The minimum absolute atomic E-state index is 0.107. The van der Waals surface area contributed by atoms with Gasteiger partial charge in [-0.3, -0.25) is 9.20 Å². The topological polar surface area (TPSA) is 75.9 Å².